The lowest BCUT2D eigenvalue weighted by Gasteiger charge is -2.21. The molecule has 0 unspecified atom stereocenters. The molecular formula is C54H34N2O. The van der Waals surface area contributed by atoms with Gasteiger partial charge in [-0.05, 0) is 105 Å². The average Bonchev–Trinajstić information content (AvgIpc) is 3.80. The molecule has 3 nitrogen and oxygen atoms in total. The lowest BCUT2D eigenvalue weighted by Crippen LogP contribution is -2.04. The van der Waals surface area contributed by atoms with Crippen molar-refractivity contribution in [2.45, 2.75) is 0 Å². The molecule has 0 fully saturated rings. The molecule has 0 amide bonds. The molecular weight excluding hydrogens is 693 g/mol. The van der Waals surface area contributed by atoms with E-state index in [9.17, 15) is 0 Å². The van der Waals surface area contributed by atoms with Crippen LogP contribution in [0, 0.1) is 0 Å². The first-order valence-electron chi connectivity index (χ1n) is 19.5. The quantitative estimate of drug-likeness (QED) is 0.173. The third-order valence-electron chi connectivity index (χ3n) is 11.7. The summed E-state index contributed by atoms with van der Waals surface area (Å²) in [6.07, 6.45) is 0. The molecule has 3 heterocycles. The average molecular weight is 727 g/mol. The second-order valence-electron chi connectivity index (χ2n) is 14.9. The molecule has 1 aliphatic rings. The first-order valence-corrected chi connectivity index (χ1v) is 19.5. The number of ether oxygens (including phenoxy) is 1. The minimum Gasteiger partial charge on any atom is -0.453 e. The van der Waals surface area contributed by atoms with Gasteiger partial charge in [-0.2, -0.15) is 0 Å². The molecule has 3 heteroatoms. The molecule has 0 bridgehead atoms. The minimum atomic E-state index is 0.869. The van der Waals surface area contributed by atoms with Crippen LogP contribution in [-0.2, 0) is 0 Å². The second-order valence-corrected chi connectivity index (χ2v) is 14.9. The van der Waals surface area contributed by atoms with Gasteiger partial charge < -0.3 is 13.9 Å². The Labute approximate surface area is 329 Å². The van der Waals surface area contributed by atoms with Crippen LogP contribution in [0.25, 0.3) is 99.5 Å². The van der Waals surface area contributed by atoms with Crippen molar-refractivity contribution in [2.24, 2.45) is 0 Å². The maximum absolute atomic E-state index is 6.46. The predicted molar refractivity (Wildman–Crippen MR) is 237 cm³/mol. The SMILES string of the molecule is c1ccc(-c2ccc3c(c2)c2cc(-c4ccccc4)ccc2n3-c2ccc(-c3ccc(-c4ccc5c(c4)-n4c6ccccc6c6cccc(c64)O5)cc3)cc2)cc1. The molecule has 0 atom stereocenters. The van der Waals surface area contributed by atoms with Gasteiger partial charge in [0.25, 0.3) is 0 Å². The van der Waals surface area contributed by atoms with E-state index < -0.39 is 0 Å². The van der Waals surface area contributed by atoms with Crippen LogP contribution in [0.2, 0.25) is 0 Å². The number of fused-ring (bicyclic) bond motifs is 8. The van der Waals surface area contributed by atoms with Gasteiger partial charge in [0, 0.05) is 27.2 Å². The molecule has 0 saturated heterocycles. The summed E-state index contributed by atoms with van der Waals surface area (Å²) in [5.74, 6) is 1.76. The van der Waals surface area contributed by atoms with Crippen LogP contribution >= 0.6 is 0 Å². The van der Waals surface area contributed by atoms with Crippen LogP contribution in [0.5, 0.6) is 11.5 Å². The highest BCUT2D eigenvalue weighted by atomic mass is 16.5. The van der Waals surface area contributed by atoms with E-state index in [-0.39, 0.29) is 0 Å². The van der Waals surface area contributed by atoms with Crippen LogP contribution in [0.15, 0.2) is 206 Å². The zero-order chi connectivity index (χ0) is 37.5. The molecule has 12 rings (SSSR count). The highest BCUT2D eigenvalue weighted by molar-refractivity contribution is 6.13. The van der Waals surface area contributed by atoms with Gasteiger partial charge in [-0.3, -0.25) is 0 Å². The number of benzene rings is 9. The predicted octanol–water partition coefficient (Wildman–Crippen LogP) is 14.7. The van der Waals surface area contributed by atoms with Gasteiger partial charge in [0.2, 0.25) is 0 Å². The van der Waals surface area contributed by atoms with Crippen molar-refractivity contribution < 1.29 is 4.74 Å². The van der Waals surface area contributed by atoms with E-state index in [1.165, 1.54) is 77.0 Å². The zero-order valence-electron chi connectivity index (χ0n) is 30.9. The minimum absolute atomic E-state index is 0.869. The molecule has 0 saturated carbocycles. The van der Waals surface area contributed by atoms with Crippen molar-refractivity contribution in [1.82, 2.24) is 9.13 Å². The van der Waals surface area contributed by atoms with Crippen LogP contribution in [0.4, 0.5) is 0 Å². The second kappa shape index (κ2) is 12.5. The largest absolute Gasteiger partial charge is 0.453 e. The summed E-state index contributed by atoms with van der Waals surface area (Å²) in [5, 5.41) is 4.94. The molecule has 0 N–H and O–H groups in total. The summed E-state index contributed by atoms with van der Waals surface area (Å²) >= 11 is 0. The van der Waals surface area contributed by atoms with Crippen molar-refractivity contribution >= 4 is 43.6 Å². The highest BCUT2D eigenvalue weighted by Gasteiger charge is 2.24. The van der Waals surface area contributed by atoms with Gasteiger partial charge in [0.15, 0.2) is 11.5 Å². The van der Waals surface area contributed by atoms with E-state index >= 15 is 0 Å². The summed E-state index contributed by atoms with van der Waals surface area (Å²) in [4.78, 5) is 0. The topological polar surface area (TPSA) is 19.1 Å². The van der Waals surface area contributed by atoms with Crippen molar-refractivity contribution in [1.29, 1.82) is 0 Å². The fourth-order valence-corrected chi connectivity index (χ4v) is 8.98. The van der Waals surface area contributed by atoms with Gasteiger partial charge in [0.1, 0.15) is 0 Å². The Hall–Kier alpha value is -7.62. The first-order chi connectivity index (χ1) is 28.2. The van der Waals surface area contributed by atoms with E-state index in [4.69, 9.17) is 4.74 Å². The van der Waals surface area contributed by atoms with Crippen molar-refractivity contribution in [3.8, 4) is 67.4 Å². The number of hydrogen-bond donors (Lipinski definition) is 0. The fourth-order valence-electron chi connectivity index (χ4n) is 8.98. The van der Waals surface area contributed by atoms with E-state index in [2.05, 4.69) is 215 Å². The van der Waals surface area contributed by atoms with E-state index in [0.717, 1.165) is 34.0 Å². The molecule has 0 spiro atoms. The van der Waals surface area contributed by atoms with E-state index in [1.54, 1.807) is 0 Å². The van der Waals surface area contributed by atoms with Gasteiger partial charge >= 0.3 is 0 Å². The third kappa shape index (κ3) is 4.99. The van der Waals surface area contributed by atoms with Crippen LogP contribution in [0.1, 0.15) is 0 Å². The Morgan fingerprint density at radius 1 is 0.281 bits per heavy atom. The van der Waals surface area contributed by atoms with Gasteiger partial charge in [-0.25, -0.2) is 0 Å². The Kier molecular flexibility index (Phi) is 6.93. The van der Waals surface area contributed by atoms with Crippen molar-refractivity contribution in [2.75, 3.05) is 0 Å². The Morgan fingerprint density at radius 3 is 1.40 bits per heavy atom. The summed E-state index contributed by atoms with van der Waals surface area (Å²) in [7, 11) is 0. The fraction of sp³-hybridized carbons (Fsp3) is 0. The van der Waals surface area contributed by atoms with Crippen LogP contribution < -0.4 is 4.74 Å². The molecule has 2 aromatic heterocycles. The van der Waals surface area contributed by atoms with Crippen molar-refractivity contribution in [3.05, 3.63) is 206 Å². The number of para-hydroxylation sites is 2. The molecule has 9 aromatic carbocycles. The summed E-state index contributed by atoms with van der Waals surface area (Å²) in [6.45, 7) is 0. The first kappa shape index (κ1) is 31.7. The Bertz CT molecular complexity index is 3240. The van der Waals surface area contributed by atoms with Gasteiger partial charge in [-0.1, -0.05) is 146 Å². The van der Waals surface area contributed by atoms with Crippen LogP contribution in [0.3, 0.4) is 0 Å². The summed E-state index contributed by atoms with van der Waals surface area (Å²) in [6, 6.07) is 74.4. The van der Waals surface area contributed by atoms with Gasteiger partial charge in [-0.15, -0.1) is 0 Å². The highest BCUT2D eigenvalue weighted by Crippen LogP contribution is 2.46. The number of rotatable bonds is 5. The smallest absolute Gasteiger partial charge is 0.152 e. The van der Waals surface area contributed by atoms with Crippen LogP contribution in [-0.4, -0.2) is 9.13 Å². The number of hydrogen-bond acceptors (Lipinski definition) is 1. The zero-order valence-corrected chi connectivity index (χ0v) is 30.9. The molecule has 11 aromatic rings. The van der Waals surface area contributed by atoms with Gasteiger partial charge in [0.05, 0.1) is 27.8 Å². The lowest BCUT2D eigenvalue weighted by atomic mass is 9.99. The molecule has 0 aliphatic carbocycles. The molecule has 0 radical (unpaired) electrons. The summed E-state index contributed by atoms with van der Waals surface area (Å²) < 4.78 is 11.2. The maximum Gasteiger partial charge on any atom is 0.152 e. The third-order valence-corrected chi connectivity index (χ3v) is 11.7. The number of aromatic nitrogens is 2. The molecule has 1 aliphatic heterocycles. The molecule has 57 heavy (non-hydrogen) atoms. The van der Waals surface area contributed by atoms with E-state index in [1.807, 2.05) is 0 Å². The van der Waals surface area contributed by atoms with E-state index in [0.29, 0.717) is 0 Å². The maximum atomic E-state index is 6.46. The Morgan fingerprint density at radius 2 is 0.754 bits per heavy atom. The normalized spacial score (nSPS) is 12.0. The summed E-state index contributed by atoms with van der Waals surface area (Å²) in [5.41, 5.74) is 16.5. The number of nitrogens with zero attached hydrogens (tertiary/aromatic N) is 2. The lowest BCUT2D eigenvalue weighted by molar-refractivity contribution is 0.476. The molecule has 266 valence electrons. The monoisotopic (exact) mass is 726 g/mol. The van der Waals surface area contributed by atoms with Crippen molar-refractivity contribution in [3.63, 3.8) is 0 Å². The standard InChI is InChI=1S/C54H34N2O/c1-3-10-35(11-4-1)40-24-29-49-46(32-40)47-33-41(36-12-5-2-6-13-36)25-30-50(47)55(49)43-27-22-38(23-28-43)37-18-20-39(21-19-37)42-26-31-52-51(34-42)56-48-16-8-7-14-44(48)45-15-9-17-53(57-52)54(45)56/h1-34H. The Balaban J connectivity index is 0.903.